The summed E-state index contributed by atoms with van der Waals surface area (Å²) in [5, 5.41) is 13.4. The Morgan fingerprint density at radius 2 is 1.36 bits per heavy atom. The summed E-state index contributed by atoms with van der Waals surface area (Å²) in [4.78, 5) is 21.9. The van der Waals surface area contributed by atoms with Crippen molar-refractivity contribution in [2.24, 2.45) is 0 Å². The number of rotatable bonds is 4. The molecule has 9 nitrogen and oxygen atoms in total. The SMILES string of the molecule is Cc1c(C(=O)N2CCN(c3ccc(N4CCN(C)CC4)nn3)CC2)cnn1-c1ccccc1. The summed E-state index contributed by atoms with van der Waals surface area (Å²) in [7, 11) is 2.15. The van der Waals surface area contributed by atoms with E-state index in [0.29, 0.717) is 18.7 Å². The molecule has 0 spiro atoms. The molecule has 0 N–H and O–H groups in total. The van der Waals surface area contributed by atoms with Gasteiger partial charge in [0.15, 0.2) is 11.6 Å². The summed E-state index contributed by atoms with van der Waals surface area (Å²) in [6.07, 6.45) is 1.68. The second-order valence-electron chi connectivity index (χ2n) is 8.71. The number of likely N-dealkylation sites (N-methyl/N-ethyl adjacent to an activating group) is 1. The number of carbonyl (C=O) groups is 1. The van der Waals surface area contributed by atoms with Crippen molar-refractivity contribution in [2.75, 3.05) is 69.2 Å². The summed E-state index contributed by atoms with van der Waals surface area (Å²) >= 11 is 0. The molecule has 0 bridgehead atoms. The molecule has 1 amide bonds. The molecule has 172 valence electrons. The molecule has 0 atom stereocenters. The van der Waals surface area contributed by atoms with Gasteiger partial charge in [-0.25, -0.2) is 4.68 Å². The van der Waals surface area contributed by atoms with Gasteiger partial charge < -0.3 is 19.6 Å². The molecule has 4 heterocycles. The second-order valence-corrected chi connectivity index (χ2v) is 8.71. The van der Waals surface area contributed by atoms with Gasteiger partial charge in [0.05, 0.1) is 23.1 Å². The molecule has 0 radical (unpaired) electrons. The van der Waals surface area contributed by atoms with Crippen LogP contribution in [0.5, 0.6) is 0 Å². The molecule has 33 heavy (non-hydrogen) atoms. The van der Waals surface area contributed by atoms with E-state index in [1.165, 1.54) is 0 Å². The fourth-order valence-corrected chi connectivity index (χ4v) is 4.45. The number of para-hydroxylation sites is 1. The average Bonchev–Trinajstić information content (AvgIpc) is 3.26. The van der Waals surface area contributed by atoms with E-state index in [1.54, 1.807) is 6.20 Å². The quantitative estimate of drug-likeness (QED) is 0.604. The van der Waals surface area contributed by atoms with Gasteiger partial charge in [-0.05, 0) is 38.2 Å². The third kappa shape index (κ3) is 4.41. The first kappa shape index (κ1) is 21.4. The van der Waals surface area contributed by atoms with Crippen LogP contribution in [-0.4, -0.2) is 95.1 Å². The number of amides is 1. The van der Waals surface area contributed by atoms with Crippen molar-refractivity contribution in [2.45, 2.75) is 6.92 Å². The standard InChI is InChI=1S/C24H30N8O/c1-19-21(18-25-32(19)20-6-4-3-5-7-20)24(33)31-16-14-30(15-17-31)23-9-8-22(26-27-23)29-12-10-28(2)11-13-29/h3-9,18H,10-17H2,1-2H3. The third-order valence-corrected chi connectivity index (χ3v) is 6.60. The highest BCUT2D eigenvalue weighted by atomic mass is 16.2. The van der Waals surface area contributed by atoms with E-state index in [4.69, 9.17) is 0 Å². The van der Waals surface area contributed by atoms with Crippen molar-refractivity contribution in [3.05, 3.63) is 59.9 Å². The Bertz CT molecular complexity index is 1080. The summed E-state index contributed by atoms with van der Waals surface area (Å²) in [5.74, 6) is 1.84. The first-order chi connectivity index (χ1) is 16.1. The molecule has 9 heteroatoms. The van der Waals surface area contributed by atoms with Gasteiger partial charge >= 0.3 is 0 Å². The lowest BCUT2D eigenvalue weighted by atomic mass is 10.2. The smallest absolute Gasteiger partial charge is 0.257 e. The van der Waals surface area contributed by atoms with Crippen molar-refractivity contribution in [1.82, 2.24) is 29.8 Å². The number of anilines is 2. The number of benzene rings is 1. The molecule has 5 rings (SSSR count). The van der Waals surface area contributed by atoms with Crippen LogP contribution in [-0.2, 0) is 0 Å². The van der Waals surface area contributed by atoms with Gasteiger partial charge in [-0.15, -0.1) is 10.2 Å². The Morgan fingerprint density at radius 3 is 1.94 bits per heavy atom. The van der Waals surface area contributed by atoms with Crippen molar-refractivity contribution in [1.29, 1.82) is 0 Å². The summed E-state index contributed by atoms with van der Waals surface area (Å²) in [5.41, 5.74) is 2.47. The molecule has 2 fully saturated rings. The number of carbonyl (C=O) groups excluding carboxylic acids is 1. The van der Waals surface area contributed by atoms with Crippen LogP contribution in [0, 0.1) is 6.92 Å². The molecule has 0 saturated carbocycles. The minimum absolute atomic E-state index is 0.0332. The largest absolute Gasteiger partial charge is 0.353 e. The fourth-order valence-electron chi connectivity index (χ4n) is 4.45. The van der Waals surface area contributed by atoms with Crippen molar-refractivity contribution in [3.63, 3.8) is 0 Å². The predicted octanol–water partition coefficient (Wildman–Crippen LogP) is 1.68. The van der Waals surface area contributed by atoms with Gasteiger partial charge in [0.2, 0.25) is 0 Å². The van der Waals surface area contributed by atoms with E-state index >= 15 is 0 Å². The highest BCUT2D eigenvalue weighted by molar-refractivity contribution is 5.95. The van der Waals surface area contributed by atoms with Crippen LogP contribution < -0.4 is 9.80 Å². The van der Waals surface area contributed by atoms with Gasteiger partial charge in [-0.1, -0.05) is 18.2 Å². The molecule has 0 unspecified atom stereocenters. The first-order valence-corrected chi connectivity index (χ1v) is 11.5. The first-order valence-electron chi connectivity index (χ1n) is 11.5. The van der Waals surface area contributed by atoms with Crippen LogP contribution in [0.25, 0.3) is 5.69 Å². The highest BCUT2D eigenvalue weighted by Gasteiger charge is 2.26. The third-order valence-electron chi connectivity index (χ3n) is 6.60. The zero-order valence-corrected chi connectivity index (χ0v) is 19.3. The van der Waals surface area contributed by atoms with Crippen LogP contribution in [0.2, 0.25) is 0 Å². The van der Waals surface area contributed by atoms with E-state index in [2.05, 4.69) is 43.1 Å². The number of nitrogens with zero attached hydrogens (tertiary/aromatic N) is 8. The maximum absolute atomic E-state index is 13.2. The fraction of sp³-hybridized carbons (Fsp3) is 0.417. The lowest BCUT2D eigenvalue weighted by Gasteiger charge is -2.35. The highest BCUT2D eigenvalue weighted by Crippen LogP contribution is 2.20. The Labute approximate surface area is 194 Å². The van der Waals surface area contributed by atoms with Crippen molar-refractivity contribution in [3.8, 4) is 5.69 Å². The summed E-state index contributed by atoms with van der Waals surface area (Å²) in [6, 6.07) is 14.0. The van der Waals surface area contributed by atoms with Crippen LogP contribution >= 0.6 is 0 Å². The molecular formula is C24H30N8O. The van der Waals surface area contributed by atoms with E-state index in [1.807, 2.05) is 52.9 Å². The van der Waals surface area contributed by atoms with Crippen LogP contribution in [0.1, 0.15) is 16.1 Å². The second kappa shape index (κ2) is 9.19. The van der Waals surface area contributed by atoms with E-state index in [-0.39, 0.29) is 5.91 Å². The Hall–Kier alpha value is -3.46. The minimum atomic E-state index is 0.0332. The van der Waals surface area contributed by atoms with E-state index in [9.17, 15) is 4.79 Å². The topological polar surface area (TPSA) is 73.6 Å². The van der Waals surface area contributed by atoms with Gasteiger partial charge in [-0.2, -0.15) is 5.10 Å². The van der Waals surface area contributed by atoms with Gasteiger partial charge in [0.25, 0.3) is 5.91 Å². The molecule has 0 aliphatic carbocycles. The number of piperazine rings is 2. The maximum atomic E-state index is 13.2. The molecule has 2 aliphatic heterocycles. The van der Waals surface area contributed by atoms with Gasteiger partial charge in [-0.3, -0.25) is 4.79 Å². The number of hydrogen-bond acceptors (Lipinski definition) is 7. The van der Waals surface area contributed by atoms with E-state index < -0.39 is 0 Å². The molecule has 1 aromatic carbocycles. The summed E-state index contributed by atoms with van der Waals surface area (Å²) < 4.78 is 1.82. The van der Waals surface area contributed by atoms with Gasteiger partial charge in [0, 0.05) is 52.4 Å². The maximum Gasteiger partial charge on any atom is 0.257 e. The molecule has 2 aromatic heterocycles. The van der Waals surface area contributed by atoms with Gasteiger partial charge in [0.1, 0.15) is 0 Å². The van der Waals surface area contributed by atoms with Crippen LogP contribution in [0.15, 0.2) is 48.7 Å². The average molecular weight is 447 g/mol. The van der Waals surface area contributed by atoms with E-state index in [0.717, 1.165) is 62.3 Å². The molecule has 2 saturated heterocycles. The Kier molecular flexibility index (Phi) is 5.95. The molecule has 2 aliphatic rings. The molecule has 3 aromatic rings. The summed E-state index contributed by atoms with van der Waals surface area (Å²) in [6.45, 7) is 8.76. The Morgan fingerprint density at radius 1 is 0.788 bits per heavy atom. The van der Waals surface area contributed by atoms with Crippen LogP contribution in [0.4, 0.5) is 11.6 Å². The normalized spacial score (nSPS) is 17.5. The monoisotopic (exact) mass is 446 g/mol. The zero-order chi connectivity index (χ0) is 22.8. The number of aromatic nitrogens is 4. The number of hydrogen-bond donors (Lipinski definition) is 0. The lowest BCUT2D eigenvalue weighted by molar-refractivity contribution is 0.0745. The Balaban J connectivity index is 1.20. The van der Waals surface area contributed by atoms with Crippen molar-refractivity contribution >= 4 is 17.5 Å². The zero-order valence-electron chi connectivity index (χ0n) is 19.3. The predicted molar refractivity (Wildman–Crippen MR) is 128 cm³/mol. The molecular weight excluding hydrogens is 416 g/mol. The van der Waals surface area contributed by atoms with Crippen LogP contribution in [0.3, 0.4) is 0 Å². The lowest BCUT2D eigenvalue weighted by Crippen LogP contribution is -2.49. The van der Waals surface area contributed by atoms with Crippen molar-refractivity contribution < 1.29 is 4.79 Å². The minimum Gasteiger partial charge on any atom is -0.353 e.